The molecule has 1 saturated heterocycles. The van der Waals surface area contributed by atoms with Gasteiger partial charge in [-0.2, -0.15) is 0 Å². The van der Waals surface area contributed by atoms with Gasteiger partial charge in [0, 0.05) is 18.1 Å². The lowest BCUT2D eigenvalue weighted by Crippen LogP contribution is -2.44. The summed E-state index contributed by atoms with van der Waals surface area (Å²) in [7, 11) is 0. The lowest BCUT2D eigenvalue weighted by atomic mass is 9.96. The van der Waals surface area contributed by atoms with Crippen LogP contribution in [0.4, 0.5) is 0 Å². The van der Waals surface area contributed by atoms with E-state index in [4.69, 9.17) is 0 Å². The van der Waals surface area contributed by atoms with Crippen LogP contribution < -0.4 is 0 Å². The van der Waals surface area contributed by atoms with Crippen LogP contribution in [-0.2, 0) is 0 Å². The SMILES string of the molecule is CC1CN(C2CCC(O)C2)C(C)(C)C1. The summed E-state index contributed by atoms with van der Waals surface area (Å²) in [6.07, 6.45) is 4.46. The van der Waals surface area contributed by atoms with E-state index in [9.17, 15) is 5.11 Å². The van der Waals surface area contributed by atoms with Crippen LogP contribution in [-0.4, -0.2) is 34.2 Å². The minimum atomic E-state index is -0.0355. The fourth-order valence-electron chi connectivity index (χ4n) is 3.48. The molecule has 3 atom stereocenters. The molecule has 2 fully saturated rings. The van der Waals surface area contributed by atoms with E-state index in [-0.39, 0.29) is 6.10 Å². The molecule has 1 aliphatic carbocycles. The highest BCUT2D eigenvalue weighted by atomic mass is 16.3. The largest absolute Gasteiger partial charge is 0.393 e. The number of nitrogens with zero attached hydrogens (tertiary/aromatic N) is 1. The zero-order valence-electron chi connectivity index (χ0n) is 9.66. The maximum absolute atomic E-state index is 9.57. The Morgan fingerprint density at radius 1 is 1.29 bits per heavy atom. The van der Waals surface area contributed by atoms with Crippen molar-refractivity contribution in [2.45, 2.75) is 64.1 Å². The van der Waals surface area contributed by atoms with E-state index in [2.05, 4.69) is 25.7 Å². The number of likely N-dealkylation sites (tertiary alicyclic amines) is 1. The van der Waals surface area contributed by atoms with Crippen molar-refractivity contribution < 1.29 is 5.11 Å². The van der Waals surface area contributed by atoms with E-state index in [0.29, 0.717) is 11.6 Å². The molecule has 14 heavy (non-hydrogen) atoms. The molecule has 0 aromatic rings. The van der Waals surface area contributed by atoms with Crippen LogP contribution >= 0.6 is 0 Å². The molecule has 2 aliphatic rings. The predicted octanol–water partition coefficient (Wildman–Crippen LogP) is 2.02. The molecule has 0 spiro atoms. The summed E-state index contributed by atoms with van der Waals surface area (Å²) in [6, 6.07) is 0.643. The molecule has 82 valence electrons. The third-order valence-corrected chi connectivity index (χ3v) is 3.95. The van der Waals surface area contributed by atoms with Crippen molar-refractivity contribution in [3.8, 4) is 0 Å². The smallest absolute Gasteiger partial charge is 0.0555 e. The monoisotopic (exact) mass is 197 g/mol. The lowest BCUT2D eigenvalue weighted by Gasteiger charge is -2.36. The minimum Gasteiger partial charge on any atom is -0.393 e. The van der Waals surface area contributed by atoms with Crippen molar-refractivity contribution in [1.82, 2.24) is 4.90 Å². The molecule has 2 heteroatoms. The fraction of sp³-hybridized carbons (Fsp3) is 1.00. The van der Waals surface area contributed by atoms with Crippen LogP contribution in [0, 0.1) is 5.92 Å². The Bertz CT molecular complexity index is 214. The van der Waals surface area contributed by atoms with E-state index in [1.165, 1.54) is 19.4 Å². The zero-order chi connectivity index (χ0) is 10.3. The second-order valence-electron chi connectivity index (χ2n) is 5.89. The summed E-state index contributed by atoms with van der Waals surface area (Å²) in [4.78, 5) is 2.63. The maximum Gasteiger partial charge on any atom is 0.0555 e. The van der Waals surface area contributed by atoms with E-state index >= 15 is 0 Å². The summed E-state index contributed by atoms with van der Waals surface area (Å²) in [5.74, 6) is 0.822. The summed E-state index contributed by atoms with van der Waals surface area (Å²) in [6.45, 7) is 8.26. The van der Waals surface area contributed by atoms with Gasteiger partial charge in [0.2, 0.25) is 0 Å². The van der Waals surface area contributed by atoms with Gasteiger partial charge < -0.3 is 5.11 Å². The molecule has 0 aromatic carbocycles. The molecule has 1 saturated carbocycles. The Hall–Kier alpha value is -0.0800. The Morgan fingerprint density at radius 2 is 2.00 bits per heavy atom. The molecule has 2 nitrogen and oxygen atoms in total. The van der Waals surface area contributed by atoms with Gasteiger partial charge in [-0.3, -0.25) is 4.90 Å². The van der Waals surface area contributed by atoms with Gasteiger partial charge in [-0.25, -0.2) is 0 Å². The zero-order valence-corrected chi connectivity index (χ0v) is 9.66. The van der Waals surface area contributed by atoms with Crippen molar-refractivity contribution >= 4 is 0 Å². The molecular weight excluding hydrogens is 174 g/mol. The minimum absolute atomic E-state index is 0.0355. The highest BCUT2D eigenvalue weighted by Crippen LogP contribution is 2.38. The Morgan fingerprint density at radius 3 is 2.43 bits per heavy atom. The van der Waals surface area contributed by atoms with Gasteiger partial charge in [0.25, 0.3) is 0 Å². The average Bonchev–Trinajstić information content (AvgIpc) is 2.55. The van der Waals surface area contributed by atoms with Gasteiger partial charge in [-0.15, -0.1) is 0 Å². The Labute approximate surface area is 87.3 Å². The molecule has 2 rings (SSSR count). The number of hydrogen-bond acceptors (Lipinski definition) is 2. The first-order chi connectivity index (χ1) is 6.49. The number of aliphatic hydroxyl groups is 1. The summed E-state index contributed by atoms with van der Waals surface area (Å²) < 4.78 is 0. The topological polar surface area (TPSA) is 23.5 Å². The van der Waals surface area contributed by atoms with E-state index in [1.54, 1.807) is 0 Å². The first-order valence-electron chi connectivity index (χ1n) is 5.94. The van der Waals surface area contributed by atoms with Crippen LogP contribution in [0.25, 0.3) is 0 Å². The molecular formula is C12H23NO. The van der Waals surface area contributed by atoms with Crippen molar-refractivity contribution in [2.75, 3.05) is 6.54 Å². The van der Waals surface area contributed by atoms with E-state index in [0.717, 1.165) is 18.8 Å². The van der Waals surface area contributed by atoms with Crippen LogP contribution in [0.2, 0.25) is 0 Å². The van der Waals surface area contributed by atoms with Gasteiger partial charge >= 0.3 is 0 Å². The van der Waals surface area contributed by atoms with E-state index in [1.807, 2.05) is 0 Å². The highest BCUT2D eigenvalue weighted by molar-refractivity contribution is 4.97. The summed E-state index contributed by atoms with van der Waals surface area (Å²) in [5, 5.41) is 9.57. The molecule has 1 N–H and O–H groups in total. The fourth-order valence-corrected chi connectivity index (χ4v) is 3.48. The van der Waals surface area contributed by atoms with Crippen LogP contribution in [0.3, 0.4) is 0 Å². The van der Waals surface area contributed by atoms with Crippen molar-refractivity contribution in [1.29, 1.82) is 0 Å². The quantitative estimate of drug-likeness (QED) is 0.695. The van der Waals surface area contributed by atoms with Crippen LogP contribution in [0.1, 0.15) is 46.5 Å². The van der Waals surface area contributed by atoms with Gasteiger partial charge in [0.05, 0.1) is 6.10 Å². The normalized spacial score (nSPS) is 43.3. The Kier molecular flexibility index (Phi) is 2.61. The summed E-state index contributed by atoms with van der Waals surface area (Å²) in [5.41, 5.74) is 0.355. The lowest BCUT2D eigenvalue weighted by molar-refractivity contribution is 0.102. The third kappa shape index (κ3) is 1.82. The maximum atomic E-state index is 9.57. The molecule has 0 radical (unpaired) electrons. The molecule has 1 aliphatic heterocycles. The molecule has 0 aromatic heterocycles. The van der Waals surface area contributed by atoms with Gasteiger partial charge in [-0.05, 0) is 45.4 Å². The highest BCUT2D eigenvalue weighted by Gasteiger charge is 2.42. The first-order valence-corrected chi connectivity index (χ1v) is 5.94. The molecule has 3 unspecified atom stereocenters. The van der Waals surface area contributed by atoms with Gasteiger partial charge in [-0.1, -0.05) is 6.92 Å². The molecule has 1 heterocycles. The van der Waals surface area contributed by atoms with Crippen molar-refractivity contribution in [2.24, 2.45) is 5.92 Å². The molecule has 0 bridgehead atoms. The van der Waals surface area contributed by atoms with Crippen LogP contribution in [0.15, 0.2) is 0 Å². The van der Waals surface area contributed by atoms with Crippen molar-refractivity contribution in [3.63, 3.8) is 0 Å². The van der Waals surface area contributed by atoms with Crippen LogP contribution in [0.5, 0.6) is 0 Å². The average molecular weight is 197 g/mol. The first kappa shape index (κ1) is 10.4. The standard InChI is InChI=1S/C12H23NO/c1-9-7-12(2,3)13(8-9)10-4-5-11(14)6-10/h9-11,14H,4-8H2,1-3H3. The number of hydrogen-bond donors (Lipinski definition) is 1. The van der Waals surface area contributed by atoms with Crippen molar-refractivity contribution in [3.05, 3.63) is 0 Å². The number of aliphatic hydroxyl groups excluding tert-OH is 1. The predicted molar refractivity (Wildman–Crippen MR) is 58.2 cm³/mol. The second kappa shape index (κ2) is 3.49. The molecule has 0 amide bonds. The second-order valence-corrected chi connectivity index (χ2v) is 5.89. The number of rotatable bonds is 1. The van der Waals surface area contributed by atoms with Gasteiger partial charge in [0.1, 0.15) is 0 Å². The van der Waals surface area contributed by atoms with E-state index < -0.39 is 0 Å². The third-order valence-electron chi connectivity index (χ3n) is 3.95. The Balaban J connectivity index is 2.03. The van der Waals surface area contributed by atoms with Gasteiger partial charge in [0.15, 0.2) is 0 Å². The summed E-state index contributed by atoms with van der Waals surface area (Å²) >= 11 is 0.